The van der Waals surface area contributed by atoms with Gasteiger partial charge in [0.15, 0.2) is 5.16 Å². The molecule has 1 aromatic heterocycles. The summed E-state index contributed by atoms with van der Waals surface area (Å²) in [6, 6.07) is 5.17. The van der Waals surface area contributed by atoms with Crippen molar-refractivity contribution in [2.75, 3.05) is 23.3 Å². The summed E-state index contributed by atoms with van der Waals surface area (Å²) in [5.74, 6) is 0.443. The molecule has 8 heteroatoms. The number of amides is 1. The van der Waals surface area contributed by atoms with E-state index in [1.807, 2.05) is 6.92 Å². The number of aromatic nitrogens is 3. The Kier molecular flexibility index (Phi) is 5.08. The third kappa shape index (κ3) is 3.95. The van der Waals surface area contributed by atoms with Gasteiger partial charge in [0.1, 0.15) is 5.82 Å². The fraction of sp³-hybridized carbons (Fsp3) is 0.526. The van der Waals surface area contributed by atoms with Gasteiger partial charge in [0.25, 0.3) is 0 Å². The third-order valence-electron chi connectivity index (χ3n) is 5.04. The fourth-order valence-corrected chi connectivity index (χ4v) is 4.18. The van der Waals surface area contributed by atoms with Gasteiger partial charge in [-0.2, -0.15) is 0 Å². The maximum absolute atomic E-state index is 13.7. The lowest BCUT2D eigenvalue weighted by Crippen LogP contribution is -2.24. The van der Waals surface area contributed by atoms with Crippen LogP contribution in [0.1, 0.15) is 44.2 Å². The average Bonchev–Trinajstić information content (AvgIpc) is 3.17. The van der Waals surface area contributed by atoms with E-state index < -0.39 is 0 Å². The van der Waals surface area contributed by atoms with E-state index in [1.54, 1.807) is 19.1 Å². The third-order valence-corrected chi connectivity index (χ3v) is 6.10. The number of anilines is 2. The van der Waals surface area contributed by atoms with Crippen molar-refractivity contribution in [3.8, 4) is 0 Å². The summed E-state index contributed by atoms with van der Waals surface area (Å²) in [7, 11) is 0. The highest BCUT2D eigenvalue weighted by atomic mass is 32.2. The van der Waals surface area contributed by atoms with Gasteiger partial charge in [-0.1, -0.05) is 17.8 Å². The number of aryl methyl sites for hydroxylation is 1. The van der Waals surface area contributed by atoms with Gasteiger partial charge in [-0.05, 0) is 57.2 Å². The zero-order valence-corrected chi connectivity index (χ0v) is 16.4. The first-order chi connectivity index (χ1) is 13.0. The van der Waals surface area contributed by atoms with Crippen molar-refractivity contribution in [2.24, 2.45) is 0 Å². The Morgan fingerprint density at radius 1 is 1.30 bits per heavy atom. The number of benzene rings is 1. The Hall–Kier alpha value is -2.09. The van der Waals surface area contributed by atoms with Crippen LogP contribution in [0.25, 0.3) is 0 Å². The van der Waals surface area contributed by atoms with Gasteiger partial charge in [-0.25, -0.2) is 4.39 Å². The Morgan fingerprint density at radius 2 is 2.04 bits per heavy atom. The van der Waals surface area contributed by atoms with Crippen molar-refractivity contribution in [1.82, 2.24) is 14.8 Å². The standard InChI is InChI=1S/C19H24FN5OS/c1-12-5-6-14(11-16(12)20)21-17(26)13(2)27-19-23-22-18(24-9-3-4-10-24)25(19)15-7-8-15/h5-6,11,13,15H,3-4,7-10H2,1-2H3,(H,21,26). The van der Waals surface area contributed by atoms with Gasteiger partial charge in [0, 0.05) is 24.8 Å². The van der Waals surface area contributed by atoms with Crippen molar-refractivity contribution in [3.63, 3.8) is 0 Å². The maximum atomic E-state index is 13.7. The van der Waals surface area contributed by atoms with Crippen LogP contribution in [0, 0.1) is 12.7 Å². The number of carbonyl (C=O) groups excluding carboxylic acids is 1. The molecule has 1 amide bonds. The monoisotopic (exact) mass is 389 g/mol. The lowest BCUT2D eigenvalue weighted by molar-refractivity contribution is -0.115. The summed E-state index contributed by atoms with van der Waals surface area (Å²) >= 11 is 1.41. The topological polar surface area (TPSA) is 63.1 Å². The summed E-state index contributed by atoms with van der Waals surface area (Å²) in [4.78, 5) is 14.8. The number of hydrogen-bond acceptors (Lipinski definition) is 5. The van der Waals surface area contributed by atoms with Crippen LogP contribution < -0.4 is 10.2 Å². The van der Waals surface area contributed by atoms with Gasteiger partial charge in [0.2, 0.25) is 11.9 Å². The summed E-state index contributed by atoms with van der Waals surface area (Å²) in [5, 5.41) is 12.0. The lowest BCUT2D eigenvalue weighted by Gasteiger charge is -2.18. The van der Waals surface area contributed by atoms with Crippen molar-refractivity contribution in [3.05, 3.63) is 29.6 Å². The number of thioether (sulfide) groups is 1. The Labute approximate surface area is 162 Å². The molecular formula is C19H24FN5OS. The smallest absolute Gasteiger partial charge is 0.237 e. The van der Waals surface area contributed by atoms with E-state index in [0.717, 1.165) is 37.0 Å². The van der Waals surface area contributed by atoms with Crippen molar-refractivity contribution < 1.29 is 9.18 Å². The minimum atomic E-state index is -0.359. The van der Waals surface area contributed by atoms with E-state index >= 15 is 0 Å². The van der Waals surface area contributed by atoms with Crippen LogP contribution in [0.15, 0.2) is 23.4 Å². The van der Waals surface area contributed by atoms with Crippen LogP contribution in [0.3, 0.4) is 0 Å². The summed E-state index contributed by atoms with van der Waals surface area (Å²) < 4.78 is 15.9. The molecule has 1 saturated carbocycles. The van der Waals surface area contributed by atoms with E-state index in [2.05, 4.69) is 25.0 Å². The second-order valence-corrected chi connectivity index (χ2v) is 8.60. The fourth-order valence-electron chi connectivity index (χ4n) is 3.26. The van der Waals surface area contributed by atoms with Crippen molar-refractivity contribution >= 4 is 29.3 Å². The molecule has 1 unspecified atom stereocenters. The van der Waals surface area contributed by atoms with Gasteiger partial charge in [-0.3, -0.25) is 9.36 Å². The minimum absolute atomic E-state index is 0.170. The van der Waals surface area contributed by atoms with Crippen LogP contribution in [0.2, 0.25) is 0 Å². The van der Waals surface area contributed by atoms with E-state index in [4.69, 9.17) is 0 Å². The summed E-state index contributed by atoms with van der Waals surface area (Å²) in [6.07, 6.45) is 4.64. The Bertz CT molecular complexity index is 845. The summed E-state index contributed by atoms with van der Waals surface area (Å²) in [5.41, 5.74) is 1.03. The predicted octanol–water partition coefficient (Wildman–Crippen LogP) is 3.78. The van der Waals surface area contributed by atoms with Gasteiger partial charge in [-0.15, -0.1) is 10.2 Å². The molecule has 144 valence electrons. The number of hydrogen-bond donors (Lipinski definition) is 1. The molecule has 0 spiro atoms. The number of nitrogens with zero attached hydrogens (tertiary/aromatic N) is 4. The first-order valence-corrected chi connectivity index (χ1v) is 10.3. The molecule has 2 aliphatic rings. The molecule has 1 aromatic carbocycles. The highest BCUT2D eigenvalue weighted by Crippen LogP contribution is 2.42. The van der Waals surface area contributed by atoms with Crippen molar-refractivity contribution in [2.45, 2.75) is 56.0 Å². The second-order valence-electron chi connectivity index (χ2n) is 7.29. The number of carbonyl (C=O) groups is 1. The summed E-state index contributed by atoms with van der Waals surface area (Å²) in [6.45, 7) is 5.57. The molecular weight excluding hydrogens is 365 g/mol. The molecule has 2 aromatic rings. The van der Waals surface area contributed by atoms with E-state index in [9.17, 15) is 9.18 Å². The molecule has 1 aliphatic carbocycles. The molecule has 1 N–H and O–H groups in total. The van der Waals surface area contributed by atoms with E-state index in [1.165, 1.54) is 30.7 Å². The zero-order valence-electron chi connectivity index (χ0n) is 15.6. The van der Waals surface area contributed by atoms with Crippen LogP contribution in [-0.2, 0) is 4.79 Å². The highest BCUT2D eigenvalue weighted by Gasteiger charge is 2.33. The highest BCUT2D eigenvalue weighted by molar-refractivity contribution is 8.00. The Balaban J connectivity index is 1.46. The number of nitrogens with one attached hydrogen (secondary N) is 1. The predicted molar refractivity (Wildman–Crippen MR) is 105 cm³/mol. The molecule has 2 heterocycles. The molecule has 1 aliphatic heterocycles. The van der Waals surface area contributed by atoms with Gasteiger partial charge >= 0.3 is 0 Å². The van der Waals surface area contributed by atoms with Crippen LogP contribution in [0.4, 0.5) is 16.0 Å². The van der Waals surface area contributed by atoms with Crippen LogP contribution in [0.5, 0.6) is 0 Å². The lowest BCUT2D eigenvalue weighted by atomic mass is 10.2. The SMILES string of the molecule is Cc1ccc(NC(=O)C(C)Sc2nnc(N3CCCC3)n2C2CC2)cc1F. The Morgan fingerprint density at radius 3 is 2.70 bits per heavy atom. The molecule has 4 rings (SSSR count). The normalized spacial score (nSPS) is 18.0. The average molecular weight is 390 g/mol. The largest absolute Gasteiger partial charge is 0.341 e. The molecule has 1 saturated heterocycles. The molecule has 2 fully saturated rings. The van der Waals surface area contributed by atoms with E-state index in [0.29, 0.717) is 17.3 Å². The molecule has 0 bridgehead atoms. The van der Waals surface area contributed by atoms with Crippen molar-refractivity contribution in [1.29, 1.82) is 0 Å². The molecule has 0 radical (unpaired) electrons. The molecule has 1 atom stereocenters. The van der Waals surface area contributed by atoms with E-state index in [-0.39, 0.29) is 17.0 Å². The first-order valence-electron chi connectivity index (χ1n) is 9.46. The number of rotatable bonds is 6. The van der Waals surface area contributed by atoms with Gasteiger partial charge in [0.05, 0.1) is 5.25 Å². The first kappa shape index (κ1) is 18.3. The van der Waals surface area contributed by atoms with Crippen LogP contribution >= 0.6 is 11.8 Å². The molecule has 6 nitrogen and oxygen atoms in total. The van der Waals surface area contributed by atoms with Crippen LogP contribution in [-0.4, -0.2) is 39.0 Å². The second kappa shape index (κ2) is 7.50. The maximum Gasteiger partial charge on any atom is 0.237 e. The number of halogens is 1. The van der Waals surface area contributed by atoms with Gasteiger partial charge < -0.3 is 10.2 Å². The minimum Gasteiger partial charge on any atom is -0.341 e. The molecule has 27 heavy (non-hydrogen) atoms. The quantitative estimate of drug-likeness (QED) is 0.762. The zero-order chi connectivity index (χ0) is 19.0.